The second kappa shape index (κ2) is 8.21. The fourth-order valence-electron chi connectivity index (χ4n) is 4.10. The summed E-state index contributed by atoms with van der Waals surface area (Å²) in [7, 11) is 0. The van der Waals surface area contributed by atoms with E-state index in [2.05, 4.69) is 20.1 Å². The van der Waals surface area contributed by atoms with Crippen LogP contribution in [-0.4, -0.2) is 55.1 Å². The Balaban J connectivity index is 0.00000104. The number of carbonyl (C=O) groups excluding carboxylic acids is 1. The highest BCUT2D eigenvalue weighted by Gasteiger charge is 2.58. The number of hydrogen-bond donors (Lipinski definition) is 1. The predicted molar refractivity (Wildman–Crippen MR) is 103 cm³/mol. The lowest BCUT2D eigenvalue weighted by Gasteiger charge is -2.26. The standard InChI is InChI=1S/C16H24N4OS.2ClH/c21-14(13-12-16(13)2-4-17-5-3-16)19-7-1-8-20(10-9-19)15-18-6-11-22-15;;/h6,11,13,17H,1-5,7-10,12H2;2*1H. The molecule has 3 heterocycles. The molecule has 3 aliphatic rings. The molecule has 4 rings (SSSR count). The van der Waals surface area contributed by atoms with E-state index in [1.54, 1.807) is 11.3 Å². The minimum atomic E-state index is 0. The number of rotatable bonds is 2. The van der Waals surface area contributed by atoms with E-state index in [9.17, 15) is 4.79 Å². The lowest BCUT2D eigenvalue weighted by atomic mass is 9.91. The first-order chi connectivity index (χ1) is 10.8. The van der Waals surface area contributed by atoms with E-state index >= 15 is 0 Å². The number of nitrogens with one attached hydrogen (secondary N) is 1. The van der Waals surface area contributed by atoms with E-state index in [1.165, 1.54) is 12.8 Å². The molecule has 0 radical (unpaired) electrons. The minimum absolute atomic E-state index is 0. The van der Waals surface area contributed by atoms with E-state index in [0.717, 1.165) is 57.2 Å². The highest BCUT2D eigenvalue weighted by atomic mass is 35.5. The van der Waals surface area contributed by atoms with E-state index < -0.39 is 0 Å². The van der Waals surface area contributed by atoms with Crippen molar-refractivity contribution in [3.8, 4) is 0 Å². The largest absolute Gasteiger partial charge is 0.346 e. The molecule has 1 amide bonds. The van der Waals surface area contributed by atoms with Crippen LogP contribution in [0.25, 0.3) is 0 Å². The van der Waals surface area contributed by atoms with Gasteiger partial charge in [0.15, 0.2) is 5.13 Å². The van der Waals surface area contributed by atoms with Crippen molar-refractivity contribution in [2.45, 2.75) is 25.7 Å². The lowest BCUT2D eigenvalue weighted by Crippen LogP contribution is -2.38. The zero-order valence-corrected chi connectivity index (χ0v) is 16.2. The number of halogens is 2. The van der Waals surface area contributed by atoms with Gasteiger partial charge in [0.05, 0.1) is 0 Å². The van der Waals surface area contributed by atoms with Crippen molar-refractivity contribution in [1.82, 2.24) is 15.2 Å². The van der Waals surface area contributed by atoms with Crippen LogP contribution in [0.3, 0.4) is 0 Å². The zero-order chi connectivity index (χ0) is 15.0. The van der Waals surface area contributed by atoms with Crippen LogP contribution in [0.1, 0.15) is 25.7 Å². The van der Waals surface area contributed by atoms with Gasteiger partial charge in [-0.2, -0.15) is 0 Å². The summed E-state index contributed by atoms with van der Waals surface area (Å²) in [5.74, 6) is 0.726. The molecule has 1 N–H and O–H groups in total. The molecular weight excluding hydrogens is 367 g/mol. The first-order valence-electron chi connectivity index (χ1n) is 8.42. The van der Waals surface area contributed by atoms with E-state index in [4.69, 9.17) is 0 Å². The summed E-state index contributed by atoms with van der Waals surface area (Å²) in [6, 6.07) is 0. The second-order valence-corrected chi connectivity index (χ2v) is 7.72. The van der Waals surface area contributed by atoms with Crippen LogP contribution in [0.4, 0.5) is 5.13 Å². The summed E-state index contributed by atoms with van der Waals surface area (Å²) >= 11 is 1.69. The van der Waals surface area contributed by atoms with Gasteiger partial charge in [-0.05, 0) is 44.2 Å². The fraction of sp³-hybridized carbons (Fsp3) is 0.750. The summed E-state index contributed by atoms with van der Waals surface area (Å²) in [6.45, 7) is 5.86. The normalized spacial score (nSPS) is 25.4. The molecule has 1 saturated carbocycles. The molecule has 3 fully saturated rings. The van der Waals surface area contributed by atoms with Crippen molar-refractivity contribution in [2.75, 3.05) is 44.2 Å². The molecule has 1 aliphatic carbocycles. The van der Waals surface area contributed by atoms with Gasteiger partial charge in [0.1, 0.15) is 0 Å². The van der Waals surface area contributed by atoms with Crippen molar-refractivity contribution in [3.63, 3.8) is 0 Å². The first kappa shape index (κ1) is 19.8. The maximum absolute atomic E-state index is 12.9. The third-order valence-corrected chi connectivity index (χ3v) is 6.42. The van der Waals surface area contributed by atoms with Crippen LogP contribution < -0.4 is 10.2 Å². The molecular formula is C16H26Cl2N4OS. The van der Waals surface area contributed by atoms with Crippen molar-refractivity contribution in [3.05, 3.63) is 11.6 Å². The second-order valence-electron chi connectivity index (χ2n) is 6.85. The maximum Gasteiger partial charge on any atom is 0.226 e. The third-order valence-electron chi connectivity index (χ3n) is 5.58. The molecule has 2 aliphatic heterocycles. The number of nitrogens with zero attached hydrogens (tertiary/aromatic N) is 3. The quantitative estimate of drug-likeness (QED) is 0.839. The Kier molecular flexibility index (Phi) is 6.76. The fourth-order valence-corrected chi connectivity index (χ4v) is 4.79. The molecule has 8 heteroatoms. The van der Waals surface area contributed by atoms with Gasteiger partial charge in [0.25, 0.3) is 0 Å². The number of thiazole rings is 1. The molecule has 5 nitrogen and oxygen atoms in total. The van der Waals surface area contributed by atoms with Gasteiger partial charge in [-0.25, -0.2) is 4.98 Å². The van der Waals surface area contributed by atoms with Gasteiger partial charge in [-0.1, -0.05) is 0 Å². The molecule has 0 aromatic carbocycles. The summed E-state index contributed by atoms with van der Waals surface area (Å²) in [4.78, 5) is 21.7. The molecule has 2 saturated heterocycles. The number of anilines is 1. The van der Waals surface area contributed by atoms with E-state index in [1.807, 2.05) is 11.6 Å². The average molecular weight is 393 g/mol. The number of aromatic nitrogens is 1. The van der Waals surface area contributed by atoms with Gasteiger partial charge in [-0.15, -0.1) is 36.2 Å². The molecule has 24 heavy (non-hydrogen) atoms. The van der Waals surface area contributed by atoms with Gasteiger partial charge in [-0.3, -0.25) is 4.79 Å². The maximum atomic E-state index is 12.9. The van der Waals surface area contributed by atoms with Crippen molar-refractivity contribution >= 4 is 47.2 Å². The third kappa shape index (κ3) is 3.82. The number of hydrogen-bond acceptors (Lipinski definition) is 5. The predicted octanol–water partition coefficient (Wildman–Crippen LogP) is 2.42. The van der Waals surface area contributed by atoms with Crippen molar-refractivity contribution < 1.29 is 4.79 Å². The summed E-state index contributed by atoms with van der Waals surface area (Å²) in [5, 5.41) is 6.53. The summed E-state index contributed by atoms with van der Waals surface area (Å²) in [6.07, 6.45) is 6.40. The number of carbonyl (C=O) groups is 1. The van der Waals surface area contributed by atoms with Crippen LogP contribution in [-0.2, 0) is 4.79 Å². The SMILES string of the molecule is Cl.Cl.O=C(C1CC12CCNCC2)N1CCCN(c2nccs2)CC1. The molecule has 136 valence electrons. The highest BCUT2D eigenvalue weighted by molar-refractivity contribution is 7.13. The van der Waals surface area contributed by atoms with Gasteiger partial charge in [0, 0.05) is 43.7 Å². The molecule has 1 spiro atoms. The van der Waals surface area contributed by atoms with Gasteiger partial charge < -0.3 is 15.1 Å². The number of piperidine rings is 1. The zero-order valence-electron chi connectivity index (χ0n) is 13.8. The molecule has 1 unspecified atom stereocenters. The topological polar surface area (TPSA) is 48.5 Å². The van der Waals surface area contributed by atoms with Crippen LogP contribution in [0.5, 0.6) is 0 Å². The molecule has 1 aromatic rings. The summed E-state index contributed by atoms with van der Waals surface area (Å²) < 4.78 is 0. The molecule has 0 bridgehead atoms. The Labute approximate surface area is 160 Å². The Morgan fingerprint density at radius 3 is 2.71 bits per heavy atom. The lowest BCUT2D eigenvalue weighted by molar-refractivity contribution is -0.133. The van der Waals surface area contributed by atoms with Gasteiger partial charge >= 0.3 is 0 Å². The Bertz CT molecular complexity index is 536. The van der Waals surface area contributed by atoms with Crippen LogP contribution in [0.2, 0.25) is 0 Å². The first-order valence-corrected chi connectivity index (χ1v) is 9.30. The summed E-state index contributed by atoms with van der Waals surface area (Å²) in [5.41, 5.74) is 0.351. The monoisotopic (exact) mass is 392 g/mol. The van der Waals surface area contributed by atoms with E-state index in [0.29, 0.717) is 17.2 Å². The highest BCUT2D eigenvalue weighted by Crippen LogP contribution is 2.59. The van der Waals surface area contributed by atoms with E-state index in [-0.39, 0.29) is 24.8 Å². The Hall–Kier alpha value is -0.560. The number of amides is 1. The van der Waals surface area contributed by atoms with Crippen molar-refractivity contribution in [1.29, 1.82) is 0 Å². The van der Waals surface area contributed by atoms with Crippen LogP contribution in [0, 0.1) is 11.3 Å². The molecule has 1 aromatic heterocycles. The minimum Gasteiger partial charge on any atom is -0.346 e. The smallest absolute Gasteiger partial charge is 0.226 e. The Morgan fingerprint density at radius 1 is 1.21 bits per heavy atom. The van der Waals surface area contributed by atoms with Crippen LogP contribution in [0.15, 0.2) is 11.6 Å². The molecule has 1 atom stereocenters. The average Bonchev–Trinajstić information content (AvgIpc) is 3.05. The van der Waals surface area contributed by atoms with Crippen LogP contribution >= 0.6 is 36.2 Å². The Morgan fingerprint density at radius 2 is 2.00 bits per heavy atom. The van der Waals surface area contributed by atoms with Gasteiger partial charge in [0.2, 0.25) is 5.91 Å². The van der Waals surface area contributed by atoms with Crippen molar-refractivity contribution in [2.24, 2.45) is 11.3 Å².